The van der Waals surface area contributed by atoms with Gasteiger partial charge in [-0.05, 0) is 17.7 Å². The molecule has 120 valence electrons. The van der Waals surface area contributed by atoms with E-state index in [4.69, 9.17) is 4.74 Å². The molecule has 0 atom stereocenters. The molecule has 0 bridgehead atoms. The number of amides is 1. The van der Waals surface area contributed by atoms with Gasteiger partial charge in [0.05, 0.1) is 12.7 Å². The molecular formula is C16H22N2O4. The van der Waals surface area contributed by atoms with E-state index in [1.165, 1.54) is 14.2 Å². The van der Waals surface area contributed by atoms with Crippen LogP contribution in [-0.4, -0.2) is 68.7 Å². The van der Waals surface area contributed by atoms with Crippen LogP contribution in [-0.2, 0) is 20.8 Å². The Labute approximate surface area is 130 Å². The quantitative estimate of drug-likeness (QED) is 0.752. The van der Waals surface area contributed by atoms with E-state index in [0.717, 1.165) is 38.3 Å². The smallest absolute Gasteiger partial charge is 0.337 e. The summed E-state index contributed by atoms with van der Waals surface area (Å²) < 4.78 is 9.56. The highest BCUT2D eigenvalue weighted by Crippen LogP contribution is 2.11. The third kappa shape index (κ3) is 4.29. The molecule has 1 aromatic rings. The van der Waals surface area contributed by atoms with Gasteiger partial charge in [0.1, 0.15) is 6.61 Å². The van der Waals surface area contributed by atoms with Crippen LogP contribution in [0.3, 0.4) is 0 Å². The van der Waals surface area contributed by atoms with Crippen LogP contribution in [0.15, 0.2) is 24.3 Å². The number of nitrogens with zero attached hydrogens (tertiary/aromatic N) is 2. The van der Waals surface area contributed by atoms with Crippen LogP contribution in [0, 0.1) is 0 Å². The summed E-state index contributed by atoms with van der Waals surface area (Å²) in [6.45, 7) is 4.09. The molecule has 1 fully saturated rings. The normalized spacial score (nSPS) is 15.6. The summed E-state index contributed by atoms with van der Waals surface area (Å²) >= 11 is 0. The minimum absolute atomic E-state index is 0.0459. The van der Waals surface area contributed by atoms with E-state index in [1.807, 2.05) is 17.0 Å². The molecule has 0 aromatic heterocycles. The van der Waals surface area contributed by atoms with Crippen LogP contribution >= 0.6 is 0 Å². The van der Waals surface area contributed by atoms with Crippen molar-refractivity contribution in [3.63, 3.8) is 0 Å². The molecule has 0 N–H and O–H groups in total. The fourth-order valence-electron chi connectivity index (χ4n) is 2.49. The number of hydrogen-bond acceptors (Lipinski definition) is 5. The second kappa shape index (κ2) is 7.91. The lowest BCUT2D eigenvalue weighted by Gasteiger charge is -2.34. The van der Waals surface area contributed by atoms with Crippen molar-refractivity contribution < 1.29 is 19.1 Å². The summed E-state index contributed by atoms with van der Waals surface area (Å²) in [6.07, 6.45) is 0. The van der Waals surface area contributed by atoms with Gasteiger partial charge in [-0.2, -0.15) is 0 Å². The van der Waals surface area contributed by atoms with Crippen molar-refractivity contribution in [2.45, 2.75) is 6.54 Å². The summed E-state index contributed by atoms with van der Waals surface area (Å²) in [4.78, 5) is 27.2. The predicted octanol–water partition coefficient (Wildman–Crippen LogP) is 0.764. The number of hydrogen-bond donors (Lipinski definition) is 0. The average molecular weight is 306 g/mol. The maximum absolute atomic E-state index is 11.7. The van der Waals surface area contributed by atoms with Gasteiger partial charge in [0.15, 0.2) is 0 Å². The predicted molar refractivity (Wildman–Crippen MR) is 81.5 cm³/mol. The SMILES string of the molecule is COCC(=O)N1CCN(Cc2ccc(C(=O)OC)cc2)CC1. The summed E-state index contributed by atoms with van der Waals surface area (Å²) in [5.74, 6) is -0.276. The van der Waals surface area contributed by atoms with E-state index in [-0.39, 0.29) is 18.5 Å². The summed E-state index contributed by atoms with van der Waals surface area (Å²) in [7, 11) is 2.91. The average Bonchev–Trinajstić information content (AvgIpc) is 2.55. The van der Waals surface area contributed by atoms with Gasteiger partial charge in [-0.3, -0.25) is 9.69 Å². The first-order valence-electron chi connectivity index (χ1n) is 7.30. The van der Waals surface area contributed by atoms with Crippen molar-refractivity contribution in [3.05, 3.63) is 35.4 Å². The monoisotopic (exact) mass is 306 g/mol. The van der Waals surface area contributed by atoms with Crippen molar-refractivity contribution in [1.29, 1.82) is 0 Å². The van der Waals surface area contributed by atoms with Crippen molar-refractivity contribution in [1.82, 2.24) is 9.80 Å². The molecule has 1 aliphatic heterocycles. The second-order valence-corrected chi connectivity index (χ2v) is 5.28. The number of ether oxygens (including phenoxy) is 2. The topological polar surface area (TPSA) is 59.1 Å². The standard InChI is InChI=1S/C16H22N2O4/c1-21-12-15(19)18-9-7-17(8-10-18)11-13-3-5-14(6-4-13)16(20)22-2/h3-6H,7-12H2,1-2H3. The lowest BCUT2D eigenvalue weighted by Crippen LogP contribution is -2.49. The molecule has 2 rings (SSSR count). The van der Waals surface area contributed by atoms with Gasteiger partial charge < -0.3 is 14.4 Å². The van der Waals surface area contributed by atoms with Gasteiger partial charge in [0.2, 0.25) is 5.91 Å². The van der Waals surface area contributed by atoms with E-state index in [1.54, 1.807) is 12.1 Å². The van der Waals surface area contributed by atoms with Crippen LogP contribution < -0.4 is 0 Å². The molecule has 6 heteroatoms. The number of carbonyl (C=O) groups excluding carboxylic acids is 2. The van der Waals surface area contributed by atoms with E-state index in [2.05, 4.69) is 9.64 Å². The van der Waals surface area contributed by atoms with Crippen LogP contribution in [0.4, 0.5) is 0 Å². The van der Waals surface area contributed by atoms with Crippen LogP contribution in [0.2, 0.25) is 0 Å². The molecule has 1 aliphatic rings. The van der Waals surface area contributed by atoms with E-state index in [0.29, 0.717) is 5.56 Å². The molecular weight excluding hydrogens is 284 g/mol. The summed E-state index contributed by atoms with van der Waals surface area (Å²) in [5, 5.41) is 0. The fourth-order valence-corrected chi connectivity index (χ4v) is 2.49. The van der Waals surface area contributed by atoms with Crippen LogP contribution in [0.5, 0.6) is 0 Å². The first-order valence-corrected chi connectivity index (χ1v) is 7.30. The van der Waals surface area contributed by atoms with Crippen molar-refractivity contribution in [2.75, 3.05) is 47.0 Å². The lowest BCUT2D eigenvalue weighted by atomic mass is 10.1. The zero-order valence-corrected chi connectivity index (χ0v) is 13.1. The Hall–Kier alpha value is -1.92. The number of benzene rings is 1. The van der Waals surface area contributed by atoms with E-state index in [9.17, 15) is 9.59 Å². The van der Waals surface area contributed by atoms with Crippen LogP contribution in [0.1, 0.15) is 15.9 Å². The van der Waals surface area contributed by atoms with Crippen molar-refractivity contribution >= 4 is 11.9 Å². The van der Waals surface area contributed by atoms with Gasteiger partial charge >= 0.3 is 5.97 Å². The first kappa shape index (κ1) is 16.5. The zero-order valence-electron chi connectivity index (χ0n) is 13.1. The number of esters is 1. The second-order valence-electron chi connectivity index (χ2n) is 5.28. The Morgan fingerprint density at radius 3 is 2.23 bits per heavy atom. The minimum Gasteiger partial charge on any atom is -0.465 e. The molecule has 1 amide bonds. The van der Waals surface area contributed by atoms with Gasteiger partial charge in [-0.1, -0.05) is 12.1 Å². The van der Waals surface area contributed by atoms with Gasteiger partial charge in [0.25, 0.3) is 0 Å². The molecule has 22 heavy (non-hydrogen) atoms. The van der Waals surface area contributed by atoms with Gasteiger partial charge in [-0.15, -0.1) is 0 Å². The van der Waals surface area contributed by atoms with Crippen molar-refractivity contribution in [3.8, 4) is 0 Å². The summed E-state index contributed by atoms with van der Waals surface area (Å²) in [5.41, 5.74) is 1.70. The number of carbonyl (C=O) groups is 2. The Morgan fingerprint density at radius 1 is 1.05 bits per heavy atom. The van der Waals surface area contributed by atoms with E-state index >= 15 is 0 Å². The molecule has 6 nitrogen and oxygen atoms in total. The van der Waals surface area contributed by atoms with Gasteiger partial charge in [-0.25, -0.2) is 4.79 Å². The van der Waals surface area contributed by atoms with Crippen molar-refractivity contribution in [2.24, 2.45) is 0 Å². The Morgan fingerprint density at radius 2 is 1.68 bits per heavy atom. The maximum atomic E-state index is 11.7. The minimum atomic E-state index is -0.322. The number of methoxy groups -OCH3 is 2. The Balaban J connectivity index is 1.83. The highest BCUT2D eigenvalue weighted by molar-refractivity contribution is 5.89. The molecule has 0 saturated carbocycles. The third-order valence-corrected chi connectivity index (χ3v) is 3.77. The van der Waals surface area contributed by atoms with Crippen LogP contribution in [0.25, 0.3) is 0 Å². The van der Waals surface area contributed by atoms with E-state index < -0.39 is 0 Å². The molecule has 0 radical (unpaired) electrons. The lowest BCUT2D eigenvalue weighted by molar-refractivity contribution is -0.136. The van der Waals surface area contributed by atoms with Gasteiger partial charge in [0, 0.05) is 39.8 Å². The summed E-state index contributed by atoms with van der Waals surface area (Å²) in [6, 6.07) is 7.43. The molecule has 0 unspecified atom stereocenters. The molecule has 1 aromatic carbocycles. The fraction of sp³-hybridized carbons (Fsp3) is 0.500. The Kier molecular flexibility index (Phi) is 5.91. The third-order valence-electron chi connectivity index (χ3n) is 3.77. The Bertz CT molecular complexity index is 507. The molecule has 0 aliphatic carbocycles. The number of piperazine rings is 1. The highest BCUT2D eigenvalue weighted by Gasteiger charge is 2.20. The molecule has 1 heterocycles. The largest absolute Gasteiger partial charge is 0.465 e. The number of rotatable bonds is 5. The zero-order chi connectivity index (χ0) is 15.9. The highest BCUT2D eigenvalue weighted by atomic mass is 16.5. The molecule has 0 spiro atoms. The molecule has 1 saturated heterocycles. The maximum Gasteiger partial charge on any atom is 0.337 e. The first-order chi connectivity index (χ1) is 10.6.